The minimum atomic E-state index is -4.96. The molecule has 0 aliphatic heterocycles. The van der Waals surface area contributed by atoms with Crippen LogP contribution in [0.25, 0.3) is 0 Å². The number of carbonyl (C=O) groups excluding carboxylic acids is 1. The van der Waals surface area contributed by atoms with Gasteiger partial charge in [0.2, 0.25) is 0 Å². The van der Waals surface area contributed by atoms with Gasteiger partial charge in [0.1, 0.15) is 5.75 Å². The van der Waals surface area contributed by atoms with Crippen molar-refractivity contribution in [1.82, 2.24) is 0 Å². The summed E-state index contributed by atoms with van der Waals surface area (Å²) in [5, 5.41) is 21.3. The molecule has 0 N–H and O–H groups in total. The van der Waals surface area contributed by atoms with Crippen molar-refractivity contribution in [1.29, 1.82) is 0 Å². The van der Waals surface area contributed by atoms with Crippen LogP contribution in [0.1, 0.15) is 12.0 Å². The van der Waals surface area contributed by atoms with Gasteiger partial charge >= 0.3 is 88.7 Å². The first-order valence-corrected chi connectivity index (χ1v) is 5.76. The van der Waals surface area contributed by atoms with Crippen LogP contribution < -0.4 is 103 Å². The fourth-order valence-electron chi connectivity index (χ4n) is 1.19. The third-order valence-electron chi connectivity index (χ3n) is 1.76. The molecule has 1 aromatic carbocycles. The van der Waals surface area contributed by atoms with Crippen molar-refractivity contribution in [2.45, 2.75) is 12.8 Å². The van der Waals surface area contributed by atoms with Crippen LogP contribution in [-0.4, -0.2) is 18.9 Å². The van der Waals surface area contributed by atoms with Crippen molar-refractivity contribution in [3.05, 3.63) is 23.8 Å². The largest absolute Gasteiger partial charge is 1.00 e. The smallest absolute Gasteiger partial charge is 0.872 e. The summed E-state index contributed by atoms with van der Waals surface area (Å²) in [6, 6.07) is 3.05. The maximum atomic E-state index is 11.1. The third kappa shape index (κ3) is 11.8. The van der Waals surface area contributed by atoms with E-state index in [0.29, 0.717) is 0 Å². The minimum Gasteiger partial charge on any atom is -0.872 e. The van der Waals surface area contributed by atoms with E-state index in [4.69, 9.17) is 0 Å². The Morgan fingerprint density at radius 1 is 1.15 bits per heavy atom. The van der Waals surface area contributed by atoms with Crippen LogP contribution in [0.3, 0.4) is 0 Å². The molecule has 0 radical (unpaired) electrons. The zero-order chi connectivity index (χ0) is 13.1. The molecule has 0 aliphatic carbocycles. The van der Waals surface area contributed by atoms with E-state index in [1.165, 1.54) is 0 Å². The van der Waals surface area contributed by atoms with Gasteiger partial charge < -0.3 is 23.7 Å². The van der Waals surface area contributed by atoms with Gasteiger partial charge in [-0.25, -0.2) is 8.42 Å². The summed E-state index contributed by atoms with van der Waals surface area (Å²) in [6.45, 7) is 0. The van der Waals surface area contributed by atoms with Crippen molar-refractivity contribution >= 4 is 16.4 Å². The Kier molecular flexibility index (Phi) is 15.3. The van der Waals surface area contributed by atoms with Crippen molar-refractivity contribution in [2.24, 2.45) is 0 Å². The molecular weight excluding hydrogens is 321 g/mol. The Labute approximate surface area is 182 Å². The fraction of sp³-hybridized carbons (Fsp3) is 0.222. The molecule has 11 heteroatoms. The van der Waals surface area contributed by atoms with Gasteiger partial charge in [0, 0.05) is 5.97 Å². The topological polar surface area (TPSA) is 130 Å². The summed E-state index contributed by atoms with van der Waals surface area (Å²) < 4.78 is 34.9. The van der Waals surface area contributed by atoms with Crippen LogP contribution in [0, 0.1) is 0 Å². The van der Waals surface area contributed by atoms with Crippen LogP contribution >= 0.6 is 0 Å². The normalized spacial score (nSPS) is 9.45. The van der Waals surface area contributed by atoms with Gasteiger partial charge in [-0.3, -0.25) is 0 Å². The third-order valence-corrected chi connectivity index (χ3v) is 2.15. The number of benzene rings is 1. The maximum Gasteiger partial charge on any atom is 1.00 e. The SMILES string of the molecule is O=C([O-])CCc1cc([O-])cc(OS(=O)(=O)[O-])c1.[Na+].[Na+].[Na+]. The van der Waals surface area contributed by atoms with Gasteiger partial charge in [0.15, 0.2) is 0 Å². The molecule has 1 rings (SSSR count). The van der Waals surface area contributed by atoms with E-state index in [9.17, 15) is 28.0 Å². The van der Waals surface area contributed by atoms with Crippen molar-refractivity contribution in [3.63, 3.8) is 0 Å². The second kappa shape index (κ2) is 11.7. The Morgan fingerprint density at radius 3 is 2.15 bits per heavy atom. The zero-order valence-electron chi connectivity index (χ0n) is 11.4. The average Bonchev–Trinajstić information content (AvgIpc) is 2.10. The number of rotatable bonds is 5. The zero-order valence-corrected chi connectivity index (χ0v) is 18.2. The van der Waals surface area contributed by atoms with Crippen molar-refractivity contribution in [2.75, 3.05) is 0 Å². The maximum absolute atomic E-state index is 11.1. The van der Waals surface area contributed by atoms with Crippen LogP contribution in [0.2, 0.25) is 0 Å². The van der Waals surface area contributed by atoms with E-state index in [1.807, 2.05) is 0 Å². The molecule has 0 heterocycles. The minimum absolute atomic E-state index is 0. The molecular formula is C9H7Na3O7S. The average molecular weight is 328 g/mol. The van der Waals surface area contributed by atoms with Crippen LogP contribution in [-0.2, 0) is 21.6 Å². The first-order valence-electron chi connectivity index (χ1n) is 4.42. The van der Waals surface area contributed by atoms with E-state index >= 15 is 0 Å². The van der Waals surface area contributed by atoms with E-state index in [0.717, 1.165) is 18.2 Å². The van der Waals surface area contributed by atoms with Gasteiger partial charge in [0.05, 0.1) is 0 Å². The number of carboxylic acid groups (broad SMARTS) is 1. The molecule has 20 heavy (non-hydrogen) atoms. The standard InChI is InChI=1S/C9H10O7S.3Na/c10-7-3-6(1-2-9(11)12)4-8(5-7)16-17(13,14)15;;;/h3-5,10H,1-2H2,(H,11,12)(H,13,14,15);;;/q;3*+1/p-3. The summed E-state index contributed by atoms with van der Waals surface area (Å²) in [5.41, 5.74) is 0.250. The molecule has 0 bridgehead atoms. The number of hydrogen-bond donors (Lipinski definition) is 0. The predicted octanol–water partition coefficient (Wildman–Crippen LogP) is -10.7. The molecule has 0 aromatic heterocycles. The number of hydrogen-bond acceptors (Lipinski definition) is 7. The molecule has 0 saturated heterocycles. The second-order valence-corrected chi connectivity index (χ2v) is 4.16. The van der Waals surface area contributed by atoms with Crippen LogP contribution in [0.15, 0.2) is 18.2 Å². The molecule has 1 aromatic rings. The predicted molar refractivity (Wildman–Crippen MR) is 49.5 cm³/mol. The van der Waals surface area contributed by atoms with E-state index in [1.54, 1.807) is 0 Å². The Bertz CT molecular complexity index is 532. The van der Waals surface area contributed by atoms with Gasteiger partial charge in [0.25, 0.3) is 10.4 Å². The first kappa shape index (κ1) is 26.1. The second-order valence-electron chi connectivity index (χ2n) is 3.18. The summed E-state index contributed by atoms with van der Waals surface area (Å²) in [7, 11) is -4.96. The van der Waals surface area contributed by atoms with Crippen LogP contribution in [0.5, 0.6) is 11.5 Å². The van der Waals surface area contributed by atoms with E-state index < -0.39 is 27.9 Å². The van der Waals surface area contributed by atoms with E-state index in [2.05, 4.69) is 4.18 Å². The van der Waals surface area contributed by atoms with Crippen molar-refractivity contribution < 1.29 is 121 Å². The molecule has 0 atom stereocenters. The Balaban J connectivity index is -0.000000963. The van der Waals surface area contributed by atoms with E-state index in [-0.39, 0.29) is 107 Å². The molecule has 0 unspecified atom stereocenters. The summed E-state index contributed by atoms with van der Waals surface area (Å²) in [5.74, 6) is -2.32. The number of carboxylic acids is 1. The summed E-state index contributed by atoms with van der Waals surface area (Å²) in [4.78, 5) is 10.2. The summed E-state index contributed by atoms with van der Waals surface area (Å²) >= 11 is 0. The molecule has 94 valence electrons. The van der Waals surface area contributed by atoms with Gasteiger partial charge in [-0.1, -0.05) is 6.07 Å². The molecule has 0 spiro atoms. The molecule has 0 amide bonds. The summed E-state index contributed by atoms with van der Waals surface area (Å²) in [6.07, 6.45) is -0.347. The molecule has 0 fully saturated rings. The van der Waals surface area contributed by atoms with Gasteiger partial charge in [-0.2, -0.15) is 0 Å². The fourth-order valence-corrected chi connectivity index (χ4v) is 1.52. The monoisotopic (exact) mass is 328 g/mol. The number of aryl methyl sites for hydroxylation is 1. The quantitative estimate of drug-likeness (QED) is 0.298. The van der Waals surface area contributed by atoms with Crippen LogP contribution in [0.4, 0.5) is 0 Å². The number of carbonyl (C=O) groups is 1. The Hall–Kier alpha value is 1.20. The molecule has 0 aliphatic rings. The van der Waals surface area contributed by atoms with Crippen molar-refractivity contribution in [3.8, 4) is 11.5 Å². The first-order chi connectivity index (χ1) is 7.76. The molecule has 7 nitrogen and oxygen atoms in total. The van der Waals surface area contributed by atoms with Gasteiger partial charge in [-0.15, -0.1) is 5.75 Å². The Morgan fingerprint density at radius 2 is 1.70 bits per heavy atom. The molecule has 0 saturated carbocycles. The number of aliphatic carboxylic acids is 1. The van der Waals surface area contributed by atoms with Gasteiger partial charge in [-0.05, 0) is 30.5 Å².